The van der Waals surface area contributed by atoms with Gasteiger partial charge in [-0.25, -0.2) is 4.79 Å². The molecule has 1 N–H and O–H groups in total. The highest BCUT2D eigenvalue weighted by Crippen LogP contribution is 2.26. The largest absolute Gasteiger partial charge is 0.497 e. The number of rotatable bonds is 5. The molecule has 0 spiro atoms. The number of carboxylic acid groups (broad SMARTS) is 1. The van der Waals surface area contributed by atoms with Crippen LogP contribution in [0.1, 0.15) is 22.0 Å². The molecule has 5 nitrogen and oxygen atoms in total. The van der Waals surface area contributed by atoms with Crippen LogP contribution in [0.25, 0.3) is 11.3 Å². The minimum atomic E-state index is -1.06. The van der Waals surface area contributed by atoms with Crippen molar-refractivity contribution in [3.8, 4) is 17.0 Å². The number of carboxylic acids is 1. The normalized spacial score (nSPS) is 10.7. The summed E-state index contributed by atoms with van der Waals surface area (Å²) in [6.45, 7) is 2.49. The maximum atomic E-state index is 10.9. The van der Waals surface area contributed by atoms with E-state index in [4.69, 9.17) is 14.3 Å². The van der Waals surface area contributed by atoms with E-state index in [0.29, 0.717) is 12.3 Å². The Morgan fingerprint density at radius 1 is 1.13 bits per heavy atom. The van der Waals surface area contributed by atoms with Gasteiger partial charge in [0.05, 0.1) is 13.7 Å². The van der Waals surface area contributed by atoms with Crippen molar-refractivity contribution in [2.24, 2.45) is 0 Å². The van der Waals surface area contributed by atoms with Gasteiger partial charge in [0.15, 0.2) is 0 Å². The van der Waals surface area contributed by atoms with Crippen molar-refractivity contribution >= 4 is 5.97 Å². The molecule has 23 heavy (non-hydrogen) atoms. The molecule has 0 unspecified atom stereocenters. The van der Waals surface area contributed by atoms with E-state index in [9.17, 15) is 4.79 Å². The lowest BCUT2D eigenvalue weighted by molar-refractivity contribution is 0.0660. The zero-order valence-corrected chi connectivity index (χ0v) is 12.9. The van der Waals surface area contributed by atoms with Gasteiger partial charge >= 0.3 is 5.97 Å². The summed E-state index contributed by atoms with van der Waals surface area (Å²) in [5.74, 6) is 0.309. The van der Waals surface area contributed by atoms with Crippen LogP contribution in [0, 0.1) is 6.92 Å². The van der Waals surface area contributed by atoms with E-state index < -0.39 is 5.97 Å². The highest BCUT2D eigenvalue weighted by atomic mass is 16.5. The first-order valence-corrected chi connectivity index (χ1v) is 7.21. The number of benzene rings is 1. The van der Waals surface area contributed by atoms with E-state index in [0.717, 1.165) is 22.7 Å². The Balaban J connectivity index is 1.92. The Kier molecular flexibility index (Phi) is 3.93. The molecule has 5 heteroatoms. The van der Waals surface area contributed by atoms with E-state index in [2.05, 4.69) is 4.57 Å². The van der Waals surface area contributed by atoms with E-state index in [1.54, 1.807) is 13.2 Å². The second-order valence-electron chi connectivity index (χ2n) is 5.25. The molecule has 0 aliphatic heterocycles. The van der Waals surface area contributed by atoms with Crippen LogP contribution in [0.15, 0.2) is 52.9 Å². The first kappa shape index (κ1) is 15.0. The molecule has 118 valence electrons. The van der Waals surface area contributed by atoms with Crippen molar-refractivity contribution in [2.45, 2.75) is 13.5 Å². The lowest BCUT2D eigenvalue weighted by atomic mass is 10.1. The van der Waals surface area contributed by atoms with Crippen molar-refractivity contribution in [1.29, 1.82) is 0 Å². The average Bonchev–Trinajstić information content (AvgIpc) is 3.16. The number of aryl methyl sites for hydroxylation is 1. The van der Waals surface area contributed by atoms with Gasteiger partial charge in [-0.05, 0) is 61.0 Å². The van der Waals surface area contributed by atoms with Crippen LogP contribution in [0.2, 0.25) is 0 Å². The standard InChI is InChI=1S/C18H17NO4/c1-12-3-9-16(13-4-6-14(22-2)7-5-13)19(12)11-15-8-10-17(23-15)18(20)21/h3-10H,11H2,1-2H3,(H,20,21). The number of methoxy groups -OCH3 is 1. The number of nitrogens with zero attached hydrogens (tertiary/aromatic N) is 1. The number of hydrogen-bond acceptors (Lipinski definition) is 3. The molecule has 0 aliphatic rings. The van der Waals surface area contributed by atoms with Crippen LogP contribution in [-0.4, -0.2) is 22.8 Å². The third-order valence-electron chi connectivity index (χ3n) is 3.77. The summed E-state index contributed by atoms with van der Waals surface area (Å²) in [4.78, 5) is 10.9. The molecule has 0 bridgehead atoms. The van der Waals surface area contributed by atoms with E-state index >= 15 is 0 Å². The summed E-state index contributed by atoms with van der Waals surface area (Å²) < 4.78 is 12.6. The fraction of sp³-hybridized carbons (Fsp3) is 0.167. The number of ether oxygens (including phenoxy) is 1. The molecule has 3 aromatic rings. The van der Waals surface area contributed by atoms with Crippen molar-refractivity contribution in [3.05, 3.63) is 65.7 Å². The van der Waals surface area contributed by atoms with Gasteiger partial charge in [0.2, 0.25) is 5.76 Å². The minimum Gasteiger partial charge on any atom is -0.497 e. The summed E-state index contributed by atoms with van der Waals surface area (Å²) in [5, 5.41) is 8.95. The Bertz CT molecular complexity index is 827. The van der Waals surface area contributed by atoms with Crippen LogP contribution in [0.3, 0.4) is 0 Å². The van der Waals surface area contributed by atoms with Gasteiger partial charge < -0.3 is 18.8 Å². The Morgan fingerprint density at radius 3 is 2.48 bits per heavy atom. The van der Waals surface area contributed by atoms with Gasteiger partial charge in [0.25, 0.3) is 0 Å². The van der Waals surface area contributed by atoms with Gasteiger partial charge in [-0.15, -0.1) is 0 Å². The highest BCUT2D eigenvalue weighted by Gasteiger charge is 2.13. The molecule has 1 aromatic carbocycles. The maximum absolute atomic E-state index is 10.9. The van der Waals surface area contributed by atoms with Crippen molar-refractivity contribution < 1.29 is 19.1 Å². The van der Waals surface area contributed by atoms with E-state index in [1.165, 1.54) is 6.07 Å². The smallest absolute Gasteiger partial charge is 0.371 e. The summed E-state index contributed by atoms with van der Waals surface area (Å²) >= 11 is 0. The molecule has 2 aromatic heterocycles. The zero-order valence-electron chi connectivity index (χ0n) is 12.9. The Morgan fingerprint density at radius 2 is 1.87 bits per heavy atom. The predicted molar refractivity (Wildman–Crippen MR) is 85.9 cm³/mol. The average molecular weight is 311 g/mol. The van der Waals surface area contributed by atoms with Crippen molar-refractivity contribution in [3.63, 3.8) is 0 Å². The SMILES string of the molecule is COc1ccc(-c2ccc(C)n2Cc2ccc(C(=O)O)o2)cc1. The summed E-state index contributed by atoms with van der Waals surface area (Å²) in [7, 11) is 1.64. The van der Waals surface area contributed by atoms with E-state index in [1.807, 2.05) is 43.3 Å². The molecule has 0 fully saturated rings. The van der Waals surface area contributed by atoms with Crippen LogP contribution < -0.4 is 4.74 Å². The number of aromatic carboxylic acids is 1. The molecule has 0 atom stereocenters. The number of aromatic nitrogens is 1. The maximum Gasteiger partial charge on any atom is 0.371 e. The topological polar surface area (TPSA) is 64.6 Å². The molecule has 3 rings (SSSR count). The third kappa shape index (κ3) is 2.99. The fourth-order valence-electron chi connectivity index (χ4n) is 2.53. The highest BCUT2D eigenvalue weighted by molar-refractivity contribution is 5.84. The van der Waals surface area contributed by atoms with Crippen molar-refractivity contribution in [1.82, 2.24) is 4.57 Å². The molecular formula is C18H17NO4. The van der Waals surface area contributed by atoms with Gasteiger partial charge in [0.1, 0.15) is 11.5 Å². The fourth-order valence-corrected chi connectivity index (χ4v) is 2.53. The predicted octanol–water partition coefficient (Wildman–Crippen LogP) is 3.81. The molecule has 0 saturated carbocycles. The van der Waals surface area contributed by atoms with Crippen molar-refractivity contribution in [2.75, 3.05) is 7.11 Å². The second kappa shape index (κ2) is 6.04. The number of hydrogen-bond donors (Lipinski definition) is 1. The third-order valence-corrected chi connectivity index (χ3v) is 3.77. The molecular weight excluding hydrogens is 294 g/mol. The molecule has 0 aliphatic carbocycles. The van der Waals surface area contributed by atoms with Gasteiger partial charge in [-0.3, -0.25) is 0 Å². The summed E-state index contributed by atoms with van der Waals surface area (Å²) in [6, 6.07) is 15.1. The quantitative estimate of drug-likeness (QED) is 0.778. The zero-order chi connectivity index (χ0) is 16.4. The van der Waals surface area contributed by atoms with Crippen LogP contribution in [0.5, 0.6) is 5.75 Å². The first-order chi connectivity index (χ1) is 11.1. The number of carbonyl (C=O) groups is 1. The first-order valence-electron chi connectivity index (χ1n) is 7.21. The van der Waals surface area contributed by atoms with Crippen LogP contribution in [-0.2, 0) is 6.54 Å². The van der Waals surface area contributed by atoms with Gasteiger partial charge in [-0.1, -0.05) is 0 Å². The minimum absolute atomic E-state index is 0.0455. The Labute approximate surface area is 133 Å². The van der Waals surface area contributed by atoms with Gasteiger partial charge in [0, 0.05) is 11.4 Å². The van der Waals surface area contributed by atoms with Crippen LogP contribution >= 0.6 is 0 Å². The van der Waals surface area contributed by atoms with E-state index in [-0.39, 0.29) is 5.76 Å². The summed E-state index contributed by atoms with van der Waals surface area (Å²) in [5.41, 5.74) is 3.17. The summed E-state index contributed by atoms with van der Waals surface area (Å²) in [6.07, 6.45) is 0. The Hall–Kier alpha value is -2.95. The number of furan rings is 1. The lowest BCUT2D eigenvalue weighted by Gasteiger charge is -2.11. The molecule has 0 amide bonds. The van der Waals surface area contributed by atoms with Gasteiger partial charge in [-0.2, -0.15) is 0 Å². The molecule has 2 heterocycles. The molecule has 0 radical (unpaired) electrons. The molecule has 0 saturated heterocycles. The lowest BCUT2D eigenvalue weighted by Crippen LogP contribution is -2.03. The van der Waals surface area contributed by atoms with Crippen LogP contribution in [0.4, 0.5) is 0 Å². The second-order valence-corrected chi connectivity index (χ2v) is 5.25. The monoisotopic (exact) mass is 311 g/mol.